The van der Waals surface area contributed by atoms with E-state index in [-0.39, 0.29) is 5.75 Å². The number of ether oxygens (including phenoxy) is 1. The van der Waals surface area contributed by atoms with E-state index in [1.165, 1.54) is 12.3 Å². The minimum Gasteiger partial charge on any atom is -0.478 e. The zero-order valence-electron chi connectivity index (χ0n) is 9.85. The summed E-state index contributed by atoms with van der Waals surface area (Å²) in [6, 6.07) is 4.52. The largest absolute Gasteiger partial charge is 0.478 e. The van der Waals surface area contributed by atoms with Gasteiger partial charge in [0.2, 0.25) is 0 Å². The van der Waals surface area contributed by atoms with Gasteiger partial charge >= 0.3 is 5.97 Å². The number of hydrogen-bond acceptors (Lipinski definition) is 3. The van der Waals surface area contributed by atoms with Crippen molar-refractivity contribution < 1.29 is 23.4 Å². The van der Waals surface area contributed by atoms with E-state index in [9.17, 15) is 13.6 Å². The minimum atomic E-state index is -1.42. The molecule has 1 heterocycles. The molecule has 98 valence electrons. The van der Waals surface area contributed by atoms with Gasteiger partial charge in [-0.1, -0.05) is 0 Å². The predicted molar refractivity (Wildman–Crippen MR) is 62.4 cm³/mol. The SMILES string of the molecule is Cc1ccc(Oc2c(F)cc(C(=O)O)cc2F)cn1. The Bertz CT molecular complexity index is 603. The number of benzene rings is 1. The fraction of sp³-hybridized carbons (Fsp3) is 0.0769. The summed E-state index contributed by atoms with van der Waals surface area (Å²) in [4.78, 5) is 14.5. The van der Waals surface area contributed by atoms with Crippen molar-refractivity contribution in [1.82, 2.24) is 4.98 Å². The lowest BCUT2D eigenvalue weighted by Crippen LogP contribution is -2.01. The highest BCUT2D eigenvalue weighted by atomic mass is 19.1. The highest BCUT2D eigenvalue weighted by molar-refractivity contribution is 5.87. The Kier molecular flexibility index (Phi) is 3.41. The Hall–Kier alpha value is -2.50. The lowest BCUT2D eigenvalue weighted by Gasteiger charge is -2.08. The molecule has 1 N–H and O–H groups in total. The van der Waals surface area contributed by atoms with Crippen molar-refractivity contribution in [2.24, 2.45) is 0 Å². The second-order valence-electron chi connectivity index (χ2n) is 3.81. The molecule has 0 fully saturated rings. The summed E-state index contributed by atoms with van der Waals surface area (Å²) in [5.41, 5.74) is 0.249. The van der Waals surface area contributed by atoms with Gasteiger partial charge < -0.3 is 9.84 Å². The van der Waals surface area contributed by atoms with Crippen LogP contribution >= 0.6 is 0 Å². The van der Waals surface area contributed by atoms with Crippen LogP contribution in [0.1, 0.15) is 16.1 Å². The van der Waals surface area contributed by atoms with E-state index >= 15 is 0 Å². The Labute approximate surface area is 107 Å². The first-order valence-electron chi connectivity index (χ1n) is 5.30. The standard InChI is InChI=1S/C13H9F2NO3/c1-7-2-3-9(6-16-7)19-12-10(14)4-8(13(17)18)5-11(12)15/h2-6H,1H3,(H,17,18). The molecule has 0 aliphatic carbocycles. The normalized spacial score (nSPS) is 10.3. The third-order valence-electron chi connectivity index (χ3n) is 2.35. The van der Waals surface area contributed by atoms with Crippen LogP contribution in [-0.2, 0) is 0 Å². The first-order valence-corrected chi connectivity index (χ1v) is 5.30. The minimum absolute atomic E-state index is 0.159. The van der Waals surface area contributed by atoms with E-state index < -0.39 is 28.9 Å². The number of rotatable bonds is 3. The smallest absolute Gasteiger partial charge is 0.335 e. The molecule has 0 saturated carbocycles. The van der Waals surface area contributed by atoms with Crippen LogP contribution in [0.2, 0.25) is 0 Å². The number of carbonyl (C=O) groups is 1. The number of carboxylic acid groups (broad SMARTS) is 1. The number of aromatic nitrogens is 1. The van der Waals surface area contributed by atoms with Crippen LogP contribution in [0.3, 0.4) is 0 Å². The molecule has 0 saturated heterocycles. The molecule has 0 spiro atoms. The van der Waals surface area contributed by atoms with Gasteiger partial charge in [-0.15, -0.1) is 0 Å². The van der Waals surface area contributed by atoms with Crippen molar-refractivity contribution in [3.8, 4) is 11.5 Å². The van der Waals surface area contributed by atoms with E-state index in [0.29, 0.717) is 12.1 Å². The summed E-state index contributed by atoms with van der Waals surface area (Å²) in [5.74, 6) is -4.08. The van der Waals surface area contributed by atoms with Crippen LogP contribution in [0.15, 0.2) is 30.5 Å². The van der Waals surface area contributed by atoms with Gasteiger partial charge in [-0.3, -0.25) is 4.98 Å². The first-order chi connectivity index (χ1) is 8.97. The maximum Gasteiger partial charge on any atom is 0.335 e. The van der Waals surface area contributed by atoms with Gasteiger partial charge in [-0.2, -0.15) is 0 Å². The molecule has 19 heavy (non-hydrogen) atoms. The number of pyridine rings is 1. The third-order valence-corrected chi connectivity index (χ3v) is 2.35. The van der Waals surface area contributed by atoms with E-state index in [4.69, 9.17) is 9.84 Å². The van der Waals surface area contributed by atoms with E-state index in [1.54, 1.807) is 13.0 Å². The fourth-order valence-electron chi connectivity index (χ4n) is 1.41. The van der Waals surface area contributed by atoms with Gasteiger partial charge in [-0.05, 0) is 31.2 Å². The van der Waals surface area contributed by atoms with E-state index in [1.807, 2.05) is 0 Å². The second kappa shape index (κ2) is 5.01. The number of carboxylic acids is 1. The summed E-state index contributed by atoms with van der Waals surface area (Å²) in [5, 5.41) is 8.66. The molecule has 0 unspecified atom stereocenters. The Morgan fingerprint density at radius 3 is 2.37 bits per heavy atom. The molecule has 0 aliphatic rings. The number of halogens is 2. The second-order valence-corrected chi connectivity index (χ2v) is 3.81. The molecular weight excluding hydrogens is 256 g/mol. The van der Waals surface area contributed by atoms with Crippen LogP contribution in [0, 0.1) is 18.6 Å². The van der Waals surface area contributed by atoms with Crippen molar-refractivity contribution in [3.05, 3.63) is 53.4 Å². The fourth-order valence-corrected chi connectivity index (χ4v) is 1.41. The zero-order chi connectivity index (χ0) is 14.0. The van der Waals surface area contributed by atoms with Crippen molar-refractivity contribution in [1.29, 1.82) is 0 Å². The maximum atomic E-state index is 13.6. The molecule has 0 aliphatic heterocycles. The highest BCUT2D eigenvalue weighted by Gasteiger charge is 2.16. The molecule has 0 bridgehead atoms. The average molecular weight is 265 g/mol. The predicted octanol–water partition coefficient (Wildman–Crippen LogP) is 3.16. The maximum absolute atomic E-state index is 13.6. The van der Waals surface area contributed by atoms with Gasteiger partial charge in [0, 0.05) is 5.69 Å². The summed E-state index contributed by atoms with van der Waals surface area (Å²) in [6.07, 6.45) is 1.32. The molecule has 1 aromatic carbocycles. The summed E-state index contributed by atoms with van der Waals surface area (Å²) in [6.45, 7) is 1.76. The number of aromatic carboxylic acids is 1. The first kappa shape index (κ1) is 12.9. The van der Waals surface area contributed by atoms with Crippen molar-refractivity contribution >= 4 is 5.97 Å². The van der Waals surface area contributed by atoms with Gasteiger partial charge in [0.1, 0.15) is 5.75 Å². The molecular formula is C13H9F2NO3. The van der Waals surface area contributed by atoms with E-state index in [2.05, 4.69) is 4.98 Å². The quantitative estimate of drug-likeness (QED) is 0.926. The lowest BCUT2D eigenvalue weighted by molar-refractivity contribution is 0.0695. The molecule has 6 heteroatoms. The zero-order valence-corrected chi connectivity index (χ0v) is 9.85. The summed E-state index contributed by atoms with van der Waals surface area (Å²) < 4.78 is 32.2. The van der Waals surface area contributed by atoms with Crippen molar-refractivity contribution in [2.75, 3.05) is 0 Å². The lowest BCUT2D eigenvalue weighted by atomic mass is 10.2. The molecule has 4 nitrogen and oxygen atoms in total. The topological polar surface area (TPSA) is 59.4 Å². The van der Waals surface area contributed by atoms with Crippen LogP contribution in [0.4, 0.5) is 8.78 Å². The van der Waals surface area contributed by atoms with Crippen molar-refractivity contribution in [2.45, 2.75) is 6.92 Å². The summed E-state index contributed by atoms with van der Waals surface area (Å²) >= 11 is 0. The van der Waals surface area contributed by atoms with Gasteiger partial charge in [0.05, 0.1) is 11.8 Å². The molecule has 0 radical (unpaired) electrons. The molecule has 0 atom stereocenters. The summed E-state index contributed by atoms with van der Waals surface area (Å²) in [7, 11) is 0. The Morgan fingerprint density at radius 1 is 1.26 bits per heavy atom. The molecule has 1 aromatic heterocycles. The van der Waals surface area contributed by atoms with Gasteiger partial charge in [0.25, 0.3) is 0 Å². The Morgan fingerprint density at radius 2 is 1.89 bits per heavy atom. The monoisotopic (exact) mass is 265 g/mol. The molecule has 0 amide bonds. The van der Waals surface area contributed by atoms with Gasteiger partial charge in [-0.25, -0.2) is 13.6 Å². The third kappa shape index (κ3) is 2.85. The van der Waals surface area contributed by atoms with Crippen LogP contribution in [0.5, 0.6) is 11.5 Å². The van der Waals surface area contributed by atoms with Crippen LogP contribution in [-0.4, -0.2) is 16.1 Å². The number of aryl methyl sites for hydroxylation is 1. The van der Waals surface area contributed by atoms with Gasteiger partial charge in [0.15, 0.2) is 17.4 Å². The number of nitrogens with zero attached hydrogens (tertiary/aromatic N) is 1. The highest BCUT2D eigenvalue weighted by Crippen LogP contribution is 2.28. The molecule has 2 rings (SSSR count). The van der Waals surface area contributed by atoms with E-state index in [0.717, 1.165) is 5.69 Å². The average Bonchev–Trinajstić information content (AvgIpc) is 2.35. The van der Waals surface area contributed by atoms with Crippen LogP contribution in [0.25, 0.3) is 0 Å². The van der Waals surface area contributed by atoms with Crippen LogP contribution < -0.4 is 4.74 Å². The Balaban J connectivity index is 2.35. The molecule has 2 aromatic rings. The van der Waals surface area contributed by atoms with Crippen molar-refractivity contribution in [3.63, 3.8) is 0 Å². The number of hydrogen-bond donors (Lipinski definition) is 1.